The SMILES string of the molecule is CNCCCc1cncc2ccccc12. The van der Waals surface area contributed by atoms with E-state index in [9.17, 15) is 0 Å². The van der Waals surface area contributed by atoms with E-state index in [1.807, 2.05) is 19.4 Å². The molecule has 2 nitrogen and oxygen atoms in total. The maximum atomic E-state index is 4.27. The quantitative estimate of drug-likeness (QED) is 0.766. The van der Waals surface area contributed by atoms with E-state index in [1.54, 1.807) is 0 Å². The first-order chi connectivity index (χ1) is 7.42. The number of hydrogen-bond acceptors (Lipinski definition) is 2. The van der Waals surface area contributed by atoms with Crippen LogP contribution in [-0.2, 0) is 6.42 Å². The average molecular weight is 200 g/mol. The van der Waals surface area contributed by atoms with Gasteiger partial charge in [-0.1, -0.05) is 24.3 Å². The third kappa shape index (κ3) is 2.34. The summed E-state index contributed by atoms with van der Waals surface area (Å²) in [6, 6.07) is 8.43. The van der Waals surface area contributed by atoms with Gasteiger partial charge in [0.2, 0.25) is 0 Å². The van der Waals surface area contributed by atoms with Gasteiger partial charge in [0.15, 0.2) is 0 Å². The highest BCUT2D eigenvalue weighted by atomic mass is 14.8. The van der Waals surface area contributed by atoms with Crippen LogP contribution < -0.4 is 5.32 Å². The van der Waals surface area contributed by atoms with Crippen molar-refractivity contribution >= 4 is 10.8 Å². The lowest BCUT2D eigenvalue weighted by molar-refractivity contribution is 0.725. The lowest BCUT2D eigenvalue weighted by Gasteiger charge is -2.05. The largest absolute Gasteiger partial charge is 0.320 e. The number of aryl methyl sites for hydroxylation is 1. The second-order valence-electron chi connectivity index (χ2n) is 3.73. The normalized spacial score (nSPS) is 10.7. The van der Waals surface area contributed by atoms with Crippen LogP contribution in [0.2, 0.25) is 0 Å². The summed E-state index contributed by atoms with van der Waals surface area (Å²) in [7, 11) is 1.99. The zero-order valence-electron chi connectivity index (χ0n) is 9.03. The van der Waals surface area contributed by atoms with Crippen molar-refractivity contribution in [2.45, 2.75) is 12.8 Å². The zero-order chi connectivity index (χ0) is 10.5. The Balaban J connectivity index is 2.26. The van der Waals surface area contributed by atoms with E-state index in [2.05, 4.69) is 34.6 Å². The molecule has 0 saturated heterocycles. The van der Waals surface area contributed by atoms with Crippen molar-refractivity contribution in [1.82, 2.24) is 10.3 Å². The summed E-state index contributed by atoms with van der Waals surface area (Å²) in [5.74, 6) is 0. The Kier molecular flexibility index (Phi) is 3.30. The minimum Gasteiger partial charge on any atom is -0.320 e. The van der Waals surface area contributed by atoms with E-state index < -0.39 is 0 Å². The molecule has 0 saturated carbocycles. The smallest absolute Gasteiger partial charge is 0.0346 e. The number of rotatable bonds is 4. The number of nitrogens with one attached hydrogen (secondary N) is 1. The summed E-state index contributed by atoms with van der Waals surface area (Å²) < 4.78 is 0. The number of pyridine rings is 1. The Morgan fingerprint density at radius 1 is 1.20 bits per heavy atom. The Labute approximate surface area is 90.3 Å². The Bertz CT molecular complexity index is 432. The summed E-state index contributed by atoms with van der Waals surface area (Å²) in [4.78, 5) is 4.27. The minimum atomic E-state index is 1.06. The van der Waals surface area contributed by atoms with Gasteiger partial charge in [-0.2, -0.15) is 0 Å². The van der Waals surface area contributed by atoms with Gasteiger partial charge in [0, 0.05) is 17.8 Å². The molecule has 2 rings (SSSR count). The first kappa shape index (κ1) is 10.1. The van der Waals surface area contributed by atoms with Gasteiger partial charge in [-0.05, 0) is 37.4 Å². The third-order valence-electron chi connectivity index (χ3n) is 2.62. The van der Waals surface area contributed by atoms with Crippen LogP contribution in [0.1, 0.15) is 12.0 Å². The molecular formula is C13H16N2. The van der Waals surface area contributed by atoms with Gasteiger partial charge in [0.1, 0.15) is 0 Å². The fraction of sp³-hybridized carbons (Fsp3) is 0.308. The molecule has 0 atom stereocenters. The Hall–Kier alpha value is -1.41. The summed E-state index contributed by atoms with van der Waals surface area (Å²) in [6.45, 7) is 1.06. The van der Waals surface area contributed by atoms with Gasteiger partial charge in [-0.25, -0.2) is 0 Å². The average Bonchev–Trinajstić information content (AvgIpc) is 2.30. The maximum Gasteiger partial charge on any atom is 0.0346 e. The van der Waals surface area contributed by atoms with Crippen LogP contribution in [0.15, 0.2) is 36.7 Å². The molecule has 2 aromatic rings. The molecule has 0 bridgehead atoms. The molecule has 0 spiro atoms. The molecule has 2 heteroatoms. The lowest BCUT2D eigenvalue weighted by atomic mass is 10.0. The molecule has 1 N–H and O–H groups in total. The van der Waals surface area contributed by atoms with Gasteiger partial charge in [-0.15, -0.1) is 0 Å². The van der Waals surface area contributed by atoms with Crippen LogP contribution in [-0.4, -0.2) is 18.6 Å². The lowest BCUT2D eigenvalue weighted by Crippen LogP contribution is -2.08. The van der Waals surface area contributed by atoms with Gasteiger partial charge in [0.25, 0.3) is 0 Å². The first-order valence-electron chi connectivity index (χ1n) is 5.38. The monoisotopic (exact) mass is 200 g/mol. The van der Waals surface area contributed by atoms with E-state index in [-0.39, 0.29) is 0 Å². The van der Waals surface area contributed by atoms with Crippen LogP contribution >= 0.6 is 0 Å². The zero-order valence-corrected chi connectivity index (χ0v) is 9.03. The highest BCUT2D eigenvalue weighted by Crippen LogP contribution is 2.17. The predicted molar refractivity (Wildman–Crippen MR) is 64.0 cm³/mol. The molecule has 0 unspecified atom stereocenters. The number of benzene rings is 1. The number of hydrogen-bond donors (Lipinski definition) is 1. The second-order valence-corrected chi connectivity index (χ2v) is 3.73. The van der Waals surface area contributed by atoms with E-state index in [0.717, 1.165) is 19.4 Å². The molecule has 15 heavy (non-hydrogen) atoms. The summed E-state index contributed by atoms with van der Waals surface area (Å²) >= 11 is 0. The van der Waals surface area contributed by atoms with E-state index >= 15 is 0 Å². The summed E-state index contributed by atoms with van der Waals surface area (Å²) in [5.41, 5.74) is 1.35. The van der Waals surface area contributed by atoms with Crippen molar-refractivity contribution in [3.8, 4) is 0 Å². The molecule has 0 amide bonds. The highest BCUT2D eigenvalue weighted by molar-refractivity contribution is 5.84. The van der Waals surface area contributed by atoms with Gasteiger partial charge < -0.3 is 5.32 Å². The molecule has 0 radical (unpaired) electrons. The third-order valence-corrected chi connectivity index (χ3v) is 2.62. The van der Waals surface area contributed by atoms with Crippen molar-refractivity contribution < 1.29 is 0 Å². The molecule has 1 aromatic heterocycles. The topological polar surface area (TPSA) is 24.9 Å². The first-order valence-corrected chi connectivity index (χ1v) is 5.38. The molecule has 0 aliphatic rings. The predicted octanol–water partition coefficient (Wildman–Crippen LogP) is 2.39. The fourth-order valence-electron chi connectivity index (χ4n) is 1.83. The van der Waals surface area contributed by atoms with Gasteiger partial charge in [-0.3, -0.25) is 4.98 Å². The highest BCUT2D eigenvalue weighted by Gasteiger charge is 1.99. The van der Waals surface area contributed by atoms with Crippen LogP contribution in [0.25, 0.3) is 10.8 Å². The summed E-state index contributed by atoms with van der Waals surface area (Å²) in [6.07, 6.45) is 6.16. The summed E-state index contributed by atoms with van der Waals surface area (Å²) in [5, 5.41) is 5.74. The van der Waals surface area contributed by atoms with Crippen molar-refractivity contribution in [3.05, 3.63) is 42.2 Å². The molecular weight excluding hydrogens is 184 g/mol. The van der Waals surface area contributed by atoms with E-state index in [4.69, 9.17) is 0 Å². The van der Waals surface area contributed by atoms with E-state index in [0.29, 0.717) is 0 Å². The number of nitrogens with zero attached hydrogens (tertiary/aromatic N) is 1. The minimum absolute atomic E-state index is 1.06. The number of aromatic nitrogens is 1. The fourth-order valence-corrected chi connectivity index (χ4v) is 1.83. The van der Waals surface area contributed by atoms with Gasteiger partial charge >= 0.3 is 0 Å². The van der Waals surface area contributed by atoms with Crippen molar-refractivity contribution in [2.75, 3.05) is 13.6 Å². The molecule has 1 heterocycles. The molecule has 0 aliphatic heterocycles. The van der Waals surface area contributed by atoms with Crippen LogP contribution in [0.4, 0.5) is 0 Å². The Morgan fingerprint density at radius 2 is 2.07 bits per heavy atom. The van der Waals surface area contributed by atoms with Crippen molar-refractivity contribution in [2.24, 2.45) is 0 Å². The molecule has 0 fully saturated rings. The molecule has 78 valence electrons. The maximum absolute atomic E-state index is 4.27. The van der Waals surface area contributed by atoms with Crippen molar-refractivity contribution in [1.29, 1.82) is 0 Å². The van der Waals surface area contributed by atoms with Gasteiger partial charge in [0.05, 0.1) is 0 Å². The van der Waals surface area contributed by atoms with E-state index in [1.165, 1.54) is 16.3 Å². The Morgan fingerprint density at radius 3 is 2.93 bits per heavy atom. The van der Waals surface area contributed by atoms with Crippen molar-refractivity contribution in [3.63, 3.8) is 0 Å². The van der Waals surface area contributed by atoms with Crippen LogP contribution in [0, 0.1) is 0 Å². The standard InChI is InChI=1S/C13H16N2/c1-14-8-4-6-12-10-15-9-11-5-2-3-7-13(11)12/h2-3,5,7,9-10,14H,4,6,8H2,1H3. The molecule has 1 aromatic carbocycles. The molecule has 0 aliphatic carbocycles. The van der Waals surface area contributed by atoms with Crippen LogP contribution in [0.5, 0.6) is 0 Å². The number of fused-ring (bicyclic) bond motifs is 1. The second kappa shape index (κ2) is 4.89. The van der Waals surface area contributed by atoms with Crippen LogP contribution in [0.3, 0.4) is 0 Å².